The first-order chi connectivity index (χ1) is 10.0. The lowest BCUT2D eigenvalue weighted by molar-refractivity contribution is 0.0635. The van der Waals surface area contributed by atoms with Crippen LogP contribution in [0.3, 0.4) is 0 Å². The predicted molar refractivity (Wildman–Crippen MR) is 87.7 cm³/mol. The third-order valence-electron chi connectivity index (χ3n) is 4.14. The van der Waals surface area contributed by atoms with Gasteiger partial charge in [0.2, 0.25) is 0 Å². The van der Waals surface area contributed by atoms with E-state index in [2.05, 4.69) is 48.0 Å². The molecule has 2 unspecified atom stereocenters. The number of likely N-dealkylation sites (N-methyl/N-ethyl adjacent to an activating group) is 1. The van der Waals surface area contributed by atoms with Crippen LogP contribution in [0.25, 0.3) is 0 Å². The van der Waals surface area contributed by atoms with Crippen molar-refractivity contribution < 1.29 is 4.74 Å². The second-order valence-electron chi connectivity index (χ2n) is 6.34. The number of rotatable bonds is 5. The molecule has 2 N–H and O–H groups in total. The molecular weight excluding hydrogens is 262 g/mol. The molecule has 4 heteroatoms. The van der Waals surface area contributed by atoms with E-state index in [1.54, 1.807) is 0 Å². The molecule has 0 saturated carbocycles. The molecule has 1 aromatic carbocycles. The molecule has 1 aliphatic rings. The molecule has 0 aliphatic carbocycles. The number of hydrogen-bond donors (Lipinski definition) is 1. The molecule has 1 fully saturated rings. The number of piperazine rings is 1. The summed E-state index contributed by atoms with van der Waals surface area (Å²) in [6.45, 7) is 10.3. The molecule has 0 aromatic heterocycles. The third kappa shape index (κ3) is 4.19. The van der Waals surface area contributed by atoms with E-state index in [-0.39, 0.29) is 6.10 Å². The largest absolute Gasteiger partial charge is 0.491 e. The summed E-state index contributed by atoms with van der Waals surface area (Å²) in [6, 6.07) is 9.24. The van der Waals surface area contributed by atoms with E-state index in [4.69, 9.17) is 10.5 Å². The van der Waals surface area contributed by atoms with Crippen molar-refractivity contribution in [1.82, 2.24) is 9.80 Å². The van der Waals surface area contributed by atoms with Gasteiger partial charge in [-0.3, -0.25) is 4.90 Å². The van der Waals surface area contributed by atoms with Crippen LogP contribution in [0.5, 0.6) is 5.75 Å². The van der Waals surface area contributed by atoms with Crippen molar-refractivity contribution in [3.8, 4) is 5.75 Å². The Bertz CT molecular complexity index is 432. The molecule has 2 atom stereocenters. The van der Waals surface area contributed by atoms with E-state index < -0.39 is 0 Å². The van der Waals surface area contributed by atoms with Gasteiger partial charge in [-0.25, -0.2) is 0 Å². The lowest BCUT2D eigenvalue weighted by atomic mass is 10.0. The SMILES string of the molecule is CC(C)Oc1ccc(C(CN)N2CCN(C)CC2C)cc1. The topological polar surface area (TPSA) is 41.7 Å². The second-order valence-corrected chi connectivity index (χ2v) is 6.34. The minimum absolute atomic E-state index is 0.207. The highest BCUT2D eigenvalue weighted by Crippen LogP contribution is 2.26. The summed E-state index contributed by atoms with van der Waals surface area (Å²) >= 11 is 0. The summed E-state index contributed by atoms with van der Waals surface area (Å²) in [5.74, 6) is 0.927. The molecule has 0 spiro atoms. The van der Waals surface area contributed by atoms with Crippen LogP contribution in [0, 0.1) is 0 Å². The van der Waals surface area contributed by atoms with Crippen molar-refractivity contribution in [3.63, 3.8) is 0 Å². The first-order valence-corrected chi connectivity index (χ1v) is 7.92. The fourth-order valence-electron chi connectivity index (χ4n) is 3.12. The summed E-state index contributed by atoms with van der Waals surface area (Å²) in [5.41, 5.74) is 7.35. The Kier molecular flexibility index (Phi) is 5.62. The molecule has 4 nitrogen and oxygen atoms in total. The Balaban J connectivity index is 2.10. The van der Waals surface area contributed by atoms with Crippen molar-refractivity contribution in [2.75, 3.05) is 33.2 Å². The zero-order chi connectivity index (χ0) is 15.4. The Morgan fingerprint density at radius 1 is 1.24 bits per heavy atom. The summed E-state index contributed by atoms with van der Waals surface area (Å²) in [5, 5.41) is 0. The van der Waals surface area contributed by atoms with Gasteiger partial charge in [-0.2, -0.15) is 0 Å². The first kappa shape index (κ1) is 16.3. The normalized spacial score (nSPS) is 22.5. The molecule has 1 saturated heterocycles. The highest BCUT2D eigenvalue weighted by Gasteiger charge is 2.28. The van der Waals surface area contributed by atoms with Crippen LogP contribution in [-0.2, 0) is 0 Å². The van der Waals surface area contributed by atoms with Gasteiger partial charge in [-0.15, -0.1) is 0 Å². The van der Waals surface area contributed by atoms with E-state index in [0.717, 1.165) is 25.4 Å². The number of nitrogens with zero attached hydrogens (tertiary/aromatic N) is 2. The monoisotopic (exact) mass is 291 g/mol. The first-order valence-electron chi connectivity index (χ1n) is 7.92. The number of ether oxygens (including phenoxy) is 1. The summed E-state index contributed by atoms with van der Waals surface area (Å²) in [4.78, 5) is 4.91. The molecule has 21 heavy (non-hydrogen) atoms. The summed E-state index contributed by atoms with van der Waals surface area (Å²) < 4.78 is 5.71. The predicted octanol–water partition coefficient (Wildman–Crippen LogP) is 2.11. The Morgan fingerprint density at radius 3 is 2.43 bits per heavy atom. The van der Waals surface area contributed by atoms with E-state index in [9.17, 15) is 0 Å². The number of benzene rings is 1. The van der Waals surface area contributed by atoms with Gasteiger partial charge in [-0.05, 0) is 45.5 Å². The molecule has 118 valence electrons. The van der Waals surface area contributed by atoms with Gasteiger partial charge in [-0.1, -0.05) is 12.1 Å². The van der Waals surface area contributed by atoms with Crippen molar-refractivity contribution >= 4 is 0 Å². The third-order valence-corrected chi connectivity index (χ3v) is 4.14. The lowest BCUT2D eigenvalue weighted by Gasteiger charge is -2.42. The van der Waals surface area contributed by atoms with Crippen LogP contribution in [0.15, 0.2) is 24.3 Å². The van der Waals surface area contributed by atoms with Crippen LogP contribution < -0.4 is 10.5 Å². The summed E-state index contributed by atoms with van der Waals surface area (Å²) in [6.07, 6.45) is 0.207. The van der Waals surface area contributed by atoms with Gasteiger partial charge in [0.1, 0.15) is 5.75 Å². The average Bonchev–Trinajstić information content (AvgIpc) is 2.43. The quantitative estimate of drug-likeness (QED) is 0.902. The molecule has 1 aliphatic heterocycles. The standard InChI is InChI=1S/C17H29N3O/c1-13(2)21-16-7-5-15(6-8-16)17(11-18)20-10-9-19(4)12-14(20)3/h5-8,13-14,17H,9-12,18H2,1-4H3. The molecule has 0 radical (unpaired) electrons. The van der Waals surface area contributed by atoms with Gasteiger partial charge in [0.05, 0.1) is 6.10 Å². The van der Waals surface area contributed by atoms with E-state index in [1.807, 2.05) is 13.8 Å². The zero-order valence-corrected chi connectivity index (χ0v) is 13.7. The second kappa shape index (κ2) is 7.25. The lowest BCUT2D eigenvalue weighted by Crippen LogP contribution is -2.52. The van der Waals surface area contributed by atoms with Crippen LogP contribution in [-0.4, -0.2) is 55.2 Å². The summed E-state index contributed by atoms with van der Waals surface area (Å²) in [7, 11) is 2.18. The number of nitrogens with two attached hydrogens (primary N) is 1. The fraction of sp³-hybridized carbons (Fsp3) is 0.647. The van der Waals surface area contributed by atoms with E-state index in [0.29, 0.717) is 18.6 Å². The maximum absolute atomic E-state index is 6.06. The van der Waals surface area contributed by atoms with Crippen LogP contribution in [0.4, 0.5) is 0 Å². The minimum Gasteiger partial charge on any atom is -0.491 e. The zero-order valence-electron chi connectivity index (χ0n) is 13.7. The van der Waals surface area contributed by atoms with Crippen molar-refractivity contribution in [1.29, 1.82) is 0 Å². The van der Waals surface area contributed by atoms with Gasteiger partial charge < -0.3 is 15.4 Å². The van der Waals surface area contributed by atoms with E-state index in [1.165, 1.54) is 5.56 Å². The molecular formula is C17H29N3O. The van der Waals surface area contributed by atoms with Crippen LogP contribution in [0.2, 0.25) is 0 Å². The molecule has 0 amide bonds. The maximum atomic E-state index is 6.06. The Hall–Kier alpha value is -1.10. The Morgan fingerprint density at radius 2 is 1.90 bits per heavy atom. The van der Waals surface area contributed by atoms with Crippen molar-refractivity contribution in [3.05, 3.63) is 29.8 Å². The maximum Gasteiger partial charge on any atom is 0.119 e. The smallest absolute Gasteiger partial charge is 0.119 e. The van der Waals surface area contributed by atoms with Gasteiger partial charge >= 0.3 is 0 Å². The molecule has 1 heterocycles. The van der Waals surface area contributed by atoms with Gasteiger partial charge in [0.15, 0.2) is 0 Å². The number of hydrogen-bond acceptors (Lipinski definition) is 4. The average molecular weight is 291 g/mol. The van der Waals surface area contributed by atoms with Gasteiger partial charge in [0, 0.05) is 38.3 Å². The Labute approximate surface area is 128 Å². The highest BCUT2D eigenvalue weighted by atomic mass is 16.5. The molecule has 2 rings (SSSR count). The van der Waals surface area contributed by atoms with Crippen LogP contribution in [0.1, 0.15) is 32.4 Å². The van der Waals surface area contributed by atoms with Crippen molar-refractivity contribution in [2.24, 2.45) is 5.73 Å². The molecule has 1 aromatic rings. The highest BCUT2D eigenvalue weighted by molar-refractivity contribution is 5.29. The minimum atomic E-state index is 0.207. The van der Waals surface area contributed by atoms with Crippen molar-refractivity contribution in [2.45, 2.75) is 39.0 Å². The fourth-order valence-corrected chi connectivity index (χ4v) is 3.12. The molecule has 0 bridgehead atoms. The van der Waals surface area contributed by atoms with E-state index >= 15 is 0 Å². The van der Waals surface area contributed by atoms with Gasteiger partial charge in [0.25, 0.3) is 0 Å². The van der Waals surface area contributed by atoms with Crippen LogP contribution >= 0.6 is 0 Å².